The molecule has 2 unspecified atom stereocenters. The fraction of sp³-hybridized carbons (Fsp3) is 0.647. The molecule has 2 atom stereocenters. The van der Waals surface area contributed by atoms with Gasteiger partial charge in [-0.1, -0.05) is 39.8 Å². The first kappa shape index (κ1) is 14.4. The van der Waals surface area contributed by atoms with Gasteiger partial charge >= 0.3 is 0 Å². The van der Waals surface area contributed by atoms with Crippen molar-refractivity contribution in [2.24, 2.45) is 5.41 Å². The second-order valence-electron chi connectivity index (χ2n) is 6.85. The Morgan fingerprint density at radius 1 is 1.21 bits per heavy atom. The van der Waals surface area contributed by atoms with E-state index in [0.29, 0.717) is 5.92 Å². The third-order valence-electron chi connectivity index (χ3n) is 4.13. The quantitative estimate of drug-likeness (QED) is 0.887. The summed E-state index contributed by atoms with van der Waals surface area (Å²) in [5, 5.41) is 10.1. The summed E-state index contributed by atoms with van der Waals surface area (Å²) in [7, 11) is 0. The van der Waals surface area contributed by atoms with Gasteiger partial charge in [0.15, 0.2) is 0 Å². The standard InChI is InChI=1S/C17H26O2/c1-12(2)13-5-7-14(8-6-13)19-16-11-17(3,4)10-9-15(16)18/h5-8,12,15-16,18H,9-11H2,1-4H3. The maximum atomic E-state index is 10.1. The van der Waals surface area contributed by atoms with Crippen LogP contribution in [0, 0.1) is 5.41 Å². The molecule has 0 aliphatic heterocycles. The lowest BCUT2D eigenvalue weighted by atomic mass is 9.75. The molecule has 1 N–H and O–H groups in total. The first-order valence-corrected chi connectivity index (χ1v) is 7.32. The number of rotatable bonds is 3. The largest absolute Gasteiger partial charge is 0.488 e. The third-order valence-corrected chi connectivity index (χ3v) is 4.13. The highest BCUT2D eigenvalue weighted by atomic mass is 16.5. The Bertz CT molecular complexity index is 406. The lowest BCUT2D eigenvalue weighted by molar-refractivity contribution is -0.0304. The molecule has 0 saturated heterocycles. The molecule has 1 aromatic carbocycles. The van der Waals surface area contributed by atoms with Crippen molar-refractivity contribution < 1.29 is 9.84 Å². The lowest BCUT2D eigenvalue weighted by Gasteiger charge is -2.38. The maximum Gasteiger partial charge on any atom is 0.125 e. The zero-order chi connectivity index (χ0) is 14.0. The van der Waals surface area contributed by atoms with Crippen molar-refractivity contribution in [1.29, 1.82) is 0 Å². The highest BCUT2D eigenvalue weighted by molar-refractivity contribution is 5.29. The van der Waals surface area contributed by atoms with Gasteiger partial charge < -0.3 is 9.84 Å². The average molecular weight is 262 g/mol. The molecular weight excluding hydrogens is 236 g/mol. The number of hydrogen-bond acceptors (Lipinski definition) is 2. The van der Waals surface area contributed by atoms with E-state index in [4.69, 9.17) is 4.74 Å². The Morgan fingerprint density at radius 3 is 2.42 bits per heavy atom. The molecule has 1 saturated carbocycles. The van der Waals surface area contributed by atoms with Gasteiger partial charge in [0.25, 0.3) is 0 Å². The minimum atomic E-state index is -0.335. The molecule has 106 valence electrons. The Balaban J connectivity index is 2.03. The first-order valence-electron chi connectivity index (χ1n) is 7.32. The summed E-state index contributed by atoms with van der Waals surface area (Å²) in [5.74, 6) is 1.40. The Hall–Kier alpha value is -1.02. The van der Waals surface area contributed by atoms with Crippen LogP contribution in [-0.4, -0.2) is 17.3 Å². The smallest absolute Gasteiger partial charge is 0.125 e. The van der Waals surface area contributed by atoms with E-state index >= 15 is 0 Å². The molecular formula is C17H26O2. The monoisotopic (exact) mass is 262 g/mol. The minimum absolute atomic E-state index is 0.0753. The molecule has 1 aliphatic carbocycles. The normalized spacial score (nSPS) is 26.4. The van der Waals surface area contributed by atoms with Gasteiger partial charge in [-0.15, -0.1) is 0 Å². The van der Waals surface area contributed by atoms with E-state index in [0.717, 1.165) is 25.0 Å². The van der Waals surface area contributed by atoms with Crippen molar-refractivity contribution in [3.8, 4) is 5.75 Å². The second kappa shape index (κ2) is 5.54. The summed E-state index contributed by atoms with van der Waals surface area (Å²) >= 11 is 0. The highest BCUT2D eigenvalue weighted by Gasteiger charge is 2.35. The summed E-state index contributed by atoms with van der Waals surface area (Å²) < 4.78 is 5.99. The van der Waals surface area contributed by atoms with Gasteiger partial charge in [-0.25, -0.2) is 0 Å². The average Bonchev–Trinajstić information content (AvgIpc) is 2.34. The van der Waals surface area contributed by atoms with Gasteiger partial charge in [0.1, 0.15) is 11.9 Å². The SMILES string of the molecule is CC(C)c1ccc(OC2CC(C)(C)CCC2O)cc1. The van der Waals surface area contributed by atoms with Gasteiger partial charge in [0, 0.05) is 0 Å². The van der Waals surface area contributed by atoms with E-state index in [-0.39, 0.29) is 17.6 Å². The van der Waals surface area contributed by atoms with Gasteiger partial charge in [-0.2, -0.15) is 0 Å². The van der Waals surface area contributed by atoms with Crippen LogP contribution in [0.1, 0.15) is 58.4 Å². The lowest BCUT2D eigenvalue weighted by Crippen LogP contribution is -2.41. The zero-order valence-electron chi connectivity index (χ0n) is 12.5. The van der Waals surface area contributed by atoms with Crippen molar-refractivity contribution in [3.63, 3.8) is 0 Å². The maximum absolute atomic E-state index is 10.1. The van der Waals surface area contributed by atoms with Gasteiger partial charge in [-0.3, -0.25) is 0 Å². The van der Waals surface area contributed by atoms with Crippen LogP contribution < -0.4 is 4.74 Å². The molecule has 1 aliphatic rings. The van der Waals surface area contributed by atoms with Crippen LogP contribution in [0.2, 0.25) is 0 Å². The van der Waals surface area contributed by atoms with E-state index in [9.17, 15) is 5.11 Å². The van der Waals surface area contributed by atoms with E-state index < -0.39 is 0 Å². The van der Waals surface area contributed by atoms with Crippen LogP contribution in [0.3, 0.4) is 0 Å². The van der Waals surface area contributed by atoms with Crippen LogP contribution >= 0.6 is 0 Å². The highest BCUT2D eigenvalue weighted by Crippen LogP contribution is 2.37. The van der Waals surface area contributed by atoms with E-state index in [2.05, 4.69) is 39.8 Å². The molecule has 2 rings (SSSR count). The van der Waals surface area contributed by atoms with Crippen LogP contribution in [0.5, 0.6) is 5.75 Å². The van der Waals surface area contributed by atoms with Crippen LogP contribution in [0.15, 0.2) is 24.3 Å². The van der Waals surface area contributed by atoms with Gasteiger partial charge in [0.05, 0.1) is 6.10 Å². The Morgan fingerprint density at radius 2 is 1.84 bits per heavy atom. The number of aliphatic hydroxyl groups is 1. The molecule has 0 bridgehead atoms. The number of benzene rings is 1. The molecule has 1 aromatic rings. The predicted octanol–water partition coefficient (Wildman–Crippen LogP) is 4.13. The van der Waals surface area contributed by atoms with Crippen LogP contribution in [0.4, 0.5) is 0 Å². The molecule has 0 heterocycles. The summed E-state index contributed by atoms with van der Waals surface area (Å²) in [5.41, 5.74) is 1.58. The molecule has 0 radical (unpaired) electrons. The van der Waals surface area contributed by atoms with E-state index in [1.165, 1.54) is 5.56 Å². The van der Waals surface area contributed by atoms with Gasteiger partial charge in [0.2, 0.25) is 0 Å². The van der Waals surface area contributed by atoms with Crippen molar-refractivity contribution in [2.75, 3.05) is 0 Å². The van der Waals surface area contributed by atoms with E-state index in [1.807, 2.05) is 12.1 Å². The second-order valence-corrected chi connectivity index (χ2v) is 6.85. The summed E-state index contributed by atoms with van der Waals surface area (Å²) in [4.78, 5) is 0. The van der Waals surface area contributed by atoms with Crippen molar-refractivity contribution in [2.45, 2.75) is 65.1 Å². The van der Waals surface area contributed by atoms with Crippen molar-refractivity contribution >= 4 is 0 Å². The van der Waals surface area contributed by atoms with Crippen LogP contribution in [0.25, 0.3) is 0 Å². The summed E-state index contributed by atoms with van der Waals surface area (Å²) in [6, 6.07) is 8.26. The Labute approximate surface area is 116 Å². The first-order chi connectivity index (χ1) is 8.87. The van der Waals surface area contributed by atoms with Crippen LogP contribution in [-0.2, 0) is 0 Å². The number of aliphatic hydroxyl groups excluding tert-OH is 1. The molecule has 0 spiro atoms. The fourth-order valence-electron chi connectivity index (χ4n) is 2.73. The predicted molar refractivity (Wildman–Crippen MR) is 78.6 cm³/mol. The minimum Gasteiger partial charge on any atom is -0.488 e. The molecule has 2 nitrogen and oxygen atoms in total. The van der Waals surface area contributed by atoms with Gasteiger partial charge in [-0.05, 0) is 48.3 Å². The summed E-state index contributed by atoms with van der Waals surface area (Å²) in [6.45, 7) is 8.86. The zero-order valence-corrected chi connectivity index (χ0v) is 12.5. The number of hydrogen-bond donors (Lipinski definition) is 1. The summed E-state index contributed by atoms with van der Waals surface area (Å²) in [6.07, 6.45) is 2.41. The third kappa shape index (κ3) is 3.73. The van der Waals surface area contributed by atoms with Crippen molar-refractivity contribution in [3.05, 3.63) is 29.8 Å². The molecule has 0 amide bonds. The molecule has 1 fully saturated rings. The fourth-order valence-corrected chi connectivity index (χ4v) is 2.73. The van der Waals surface area contributed by atoms with E-state index in [1.54, 1.807) is 0 Å². The molecule has 0 aromatic heterocycles. The van der Waals surface area contributed by atoms with Crippen molar-refractivity contribution in [1.82, 2.24) is 0 Å². The molecule has 19 heavy (non-hydrogen) atoms. The number of ether oxygens (including phenoxy) is 1. The Kier molecular flexibility index (Phi) is 4.19. The molecule has 2 heteroatoms. The topological polar surface area (TPSA) is 29.5 Å².